The van der Waals surface area contributed by atoms with Crippen molar-refractivity contribution in [3.8, 4) is 0 Å². The maximum atomic E-state index is 12.6. The Morgan fingerprint density at radius 1 is 1.14 bits per heavy atom. The van der Waals surface area contributed by atoms with E-state index in [9.17, 15) is 26.4 Å². The number of rotatable bonds is 4. The molecule has 0 bridgehead atoms. The van der Waals surface area contributed by atoms with Crippen molar-refractivity contribution in [2.45, 2.75) is 38.3 Å². The van der Waals surface area contributed by atoms with Gasteiger partial charge in [-0.3, -0.25) is 4.79 Å². The van der Waals surface area contributed by atoms with Gasteiger partial charge in [0.25, 0.3) is 0 Å². The summed E-state index contributed by atoms with van der Waals surface area (Å²) in [6, 6.07) is 0. The first-order chi connectivity index (χ1) is 10.0. The minimum Gasteiger partial charge on any atom is -0.342 e. The molecule has 2 fully saturated rings. The van der Waals surface area contributed by atoms with Crippen molar-refractivity contribution in [1.29, 1.82) is 0 Å². The molecule has 5 nitrogen and oxygen atoms in total. The van der Waals surface area contributed by atoms with E-state index in [4.69, 9.17) is 5.14 Å². The van der Waals surface area contributed by atoms with E-state index in [0.29, 0.717) is 25.9 Å². The van der Waals surface area contributed by atoms with Crippen molar-refractivity contribution in [1.82, 2.24) is 4.90 Å². The molecule has 2 N–H and O–H groups in total. The van der Waals surface area contributed by atoms with Crippen LogP contribution in [0.3, 0.4) is 0 Å². The molecule has 1 heterocycles. The number of hydrogen-bond acceptors (Lipinski definition) is 3. The Morgan fingerprint density at radius 3 is 2.23 bits per heavy atom. The summed E-state index contributed by atoms with van der Waals surface area (Å²) in [6.45, 7) is 0.749. The number of amides is 1. The van der Waals surface area contributed by atoms with Crippen LogP contribution in [0.1, 0.15) is 32.1 Å². The number of carbonyl (C=O) groups is 1. The Balaban J connectivity index is 1.82. The Morgan fingerprint density at radius 2 is 1.73 bits per heavy atom. The van der Waals surface area contributed by atoms with Gasteiger partial charge in [-0.15, -0.1) is 0 Å². The smallest absolute Gasteiger partial charge is 0.342 e. The fourth-order valence-corrected chi connectivity index (χ4v) is 4.33. The van der Waals surface area contributed by atoms with Gasteiger partial charge in [-0.25, -0.2) is 13.6 Å². The number of nitrogens with two attached hydrogens (primary N) is 1. The fourth-order valence-electron chi connectivity index (χ4n) is 3.45. The Labute approximate surface area is 128 Å². The van der Waals surface area contributed by atoms with E-state index in [1.807, 2.05) is 0 Å². The molecule has 1 amide bonds. The number of halogens is 3. The lowest BCUT2D eigenvalue weighted by Gasteiger charge is -2.32. The lowest BCUT2D eigenvalue weighted by Crippen LogP contribution is -2.35. The van der Waals surface area contributed by atoms with Gasteiger partial charge < -0.3 is 4.90 Å². The maximum Gasteiger partial charge on any atom is 0.391 e. The van der Waals surface area contributed by atoms with Crippen LogP contribution in [0.4, 0.5) is 13.2 Å². The highest BCUT2D eigenvalue weighted by atomic mass is 32.2. The quantitative estimate of drug-likeness (QED) is 0.840. The van der Waals surface area contributed by atoms with Gasteiger partial charge in [0.1, 0.15) is 0 Å². The highest BCUT2D eigenvalue weighted by Crippen LogP contribution is 2.40. The van der Waals surface area contributed by atoms with E-state index in [2.05, 4.69) is 0 Å². The van der Waals surface area contributed by atoms with Gasteiger partial charge in [-0.05, 0) is 31.6 Å². The summed E-state index contributed by atoms with van der Waals surface area (Å²) in [5.41, 5.74) is 0. The molecule has 0 aromatic rings. The number of carbonyl (C=O) groups excluding carboxylic acids is 1. The normalized spacial score (nSPS) is 30.8. The molecule has 0 aromatic carbocycles. The molecule has 128 valence electrons. The van der Waals surface area contributed by atoms with Crippen molar-refractivity contribution in [3.63, 3.8) is 0 Å². The fraction of sp³-hybridized carbons (Fsp3) is 0.923. The SMILES string of the molecule is NS(=O)(=O)CC1CC(=O)N(CC2CCC(C(F)(F)F)CC2)C1. The maximum absolute atomic E-state index is 12.6. The first kappa shape index (κ1) is 17.5. The van der Waals surface area contributed by atoms with Crippen molar-refractivity contribution in [2.75, 3.05) is 18.8 Å². The average Bonchev–Trinajstić information content (AvgIpc) is 2.66. The Hall–Kier alpha value is -0.830. The second kappa shape index (κ2) is 6.35. The van der Waals surface area contributed by atoms with Gasteiger partial charge in [-0.2, -0.15) is 13.2 Å². The van der Waals surface area contributed by atoms with Crippen LogP contribution in [-0.4, -0.2) is 44.2 Å². The van der Waals surface area contributed by atoms with E-state index in [0.717, 1.165) is 0 Å². The third-order valence-electron chi connectivity index (χ3n) is 4.55. The van der Waals surface area contributed by atoms with Crippen LogP contribution in [-0.2, 0) is 14.8 Å². The molecule has 1 unspecified atom stereocenters. The molecule has 1 aliphatic carbocycles. The molecule has 9 heteroatoms. The first-order valence-electron chi connectivity index (χ1n) is 7.39. The van der Waals surface area contributed by atoms with Crippen molar-refractivity contribution >= 4 is 15.9 Å². The minimum atomic E-state index is -4.13. The van der Waals surface area contributed by atoms with Crippen LogP contribution in [0.5, 0.6) is 0 Å². The molecule has 0 radical (unpaired) electrons. The van der Waals surface area contributed by atoms with Crippen LogP contribution in [0.2, 0.25) is 0 Å². The second-order valence-electron chi connectivity index (χ2n) is 6.46. The van der Waals surface area contributed by atoms with Gasteiger partial charge in [-0.1, -0.05) is 0 Å². The molecule has 2 aliphatic rings. The largest absolute Gasteiger partial charge is 0.391 e. The standard InChI is InChI=1S/C13H21F3N2O3S/c14-13(15,16)11-3-1-9(2-4-11)6-18-7-10(5-12(18)19)8-22(17,20)21/h9-11H,1-8H2,(H2,17,20,21). The summed E-state index contributed by atoms with van der Waals surface area (Å²) < 4.78 is 60.0. The highest BCUT2D eigenvalue weighted by molar-refractivity contribution is 7.89. The van der Waals surface area contributed by atoms with E-state index < -0.39 is 22.1 Å². The summed E-state index contributed by atoms with van der Waals surface area (Å²) in [5.74, 6) is -1.83. The van der Waals surface area contributed by atoms with E-state index in [-0.39, 0.29) is 42.8 Å². The predicted molar refractivity (Wildman–Crippen MR) is 74.2 cm³/mol. The minimum absolute atomic E-state index is 0.0655. The molecule has 0 aromatic heterocycles. The number of hydrogen-bond donors (Lipinski definition) is 1. The van der Waals surface area contributed by atoms with Crippen molar-refractivity contribution in [2.24, 2.45) is 22.9 Å². The molecule has 22 heavy (non-hydrogen) atoms. The van der Waals surface area contributed by atoms with E-state index >= 15 is 0 Å². The van der Waals surface area contributed by atoms with E-state index in [1.165, 1.54) is 0 Å². The number of sulfonamides is 1. The van der Waals surface area contributed by atoms with Gasteiger partial charge in [0.05, 0.1) is 11.7 Å². The number of nitrogens with zero attached hydrogens (tertiary/aromatic N) is 1. The monoisotopic (exact) mass is 342 g/mol. The zero-order chi connectivity index (χ0) is 16.5. The van der Waals surface area contributed by atoms with Crippen LogP contribution < -0.4 is 5.14 Å². The van der Waals surface area contributed by atoms with Gasteiger partial charge in [0.2, 0.25) is 15.9 Å². The topological polar surface area (TPSA) is 80.5 Å². The van der Waals surface area contributed by atoms with Crippen molar-refractivity contribution < 1.29 is 26.4 Å². The third-order valence-corrected chi connectivity index (χ3v) is 5.49. The lowest BCUT2D eigenvalue weighted by atomic mass is 9.81. The number of likely N-dealkylation sites (tertiary alicyclic amines) is 1. The second-order valence-corrected chi connectivity index (χ2v) is 8.12. The molecule has 1 aliphatic heterocycles. The van der Waals surface area contributed by atoms with Crippen LogP contribution in [0.15, 0.2) is 0 Å². The molecule has 0 spiro atoms. The summed E-state index contributed by atoms with van der Waals surface area (Å²) in [6.07, 6.45) is -2.86. The van der Waals surface area contributed by atoms with Gasteiger partial charge >= 0.3 is 6.18 Å². The third kappa shape index (κ3) is 4.84. The van der Waals surface area contributed by atoms with Crippen molar-refractivity contribution in [3.05, 3.63) is 0 Å². The van der Waals surface area contributed by atoms with Gasteiger partial charge in [0.15, 0.2) is 0 Å². The Kier molecular flexibility index (Phi) is 5.06. The van der Waals surface area contributed by atoms with Gasteiger partial charge in [0, 0.05) is 25.4 Å². The average molecular weight is 342 g/mol. The first-order valence-corrected chi connectivity index (χ1v) is 9.11. The zero-order valence-electron chi connectivity index (χ0n) is 12.2. The Bertz CT molecular complexity index is 513. The van der Waals surface area contributed by atoms with Crippen LogP contribution in [0, 0.1) is 17.8 Å². The molecule has 1 saturated carbocycles. The summed E-state index contributed by atoms with van der Waals surface area (Å²) in [7, 11) is -3.62. The predicted octanol–water partition coefficient (Wildman–Crippen LogP) is 1.49. The molecular weight excluding hydrogens is 321 g/mol. The lowest BCUT2D eigenvalue weighted by molar-refractivity contribution is -0.184. The molecule has 1 saturated heterocycles. The molecule has 1 atom stereocenters. The van der Waals surface area contributed by atoms with Crippen LogP contribution >= 0.6 is 0 Å². The van der Waals surface area contributed by atoms with Crippen LogP contribution in [0.25, 0.3) is 0 Å². The number of alkyl halides is 3. The zero-order valence-corrected chi connectivity index (χ0v) is 13.0. The highest BCUT2D eigenvalue weighted by Gasteiger charge is 2.42. The summed E-state index contributed by atoms with van der Waals surface area (Å²) in [5, 5.41) is 4.98. The van der Waals surface area contributed by atoms with E-state index in [1.54, 1.807) is 4.90 Å². The summed E-state index contributed by atoms with van der Waals surface area (Å²) in [4.78, 5) is 13.5. The molecular formula is C13H21F3N2O3S. The number of primary sulfonamides is 1. The molecule has 2 rings (SSSR count). The summed E-state index contributed by atoms with van der Waals surface area (Å²) >= 11 is 0.